The first-order valence-corrected chi connectivity index (χ1v) is 6.37. The summed E-state index contributed by atoms with van der Waals surface area (Å²) in [6.45, 7) is 6.19. The first-order valence-electron chi connectivity index (χ1n) is 4.40. The summed E-state index contributed by atoms with van der Waals surface area (Å²) in [6, 6.07) is 1.81. The maximum atomic E-state index is 11.5. The minimum atomic E-state index is -2.65. The van der Waals surface area contributed by atoms with Gasteiger partial charge in [-0.15, -0.1) is 0 Å². The van der Waals surface area contributed by atoms with Crippen molar-refractivity contribution in [2.75, 3.05) is 6.26 Å². The van der Waals surface area contributed by atoms with Gasteiger partial charge in [0.2, 0.25) is 0 Å². The zero-order valence-electron chi connectivity index (χ0n) is 9.00. The average molecular weight is 212 g/mol. The first kappa shape index (κ1) is 11.2. The summed E-state index contributed by atoms with van der Waals surface area (Å²) in [5, 5.41) is 0. The lowest BCUT2D eigenvalue weighted by atomic mass is 9.88. The van der Waals surface area contributed by atoms with E-state index in [2.05, 4.69) is 25.8 Å². The van der Waals surface area contributed by atoms with Gasteiger partial charge in [-0.2, -0.15) is 0 Å². The zero-order chi connectivity index (χ0) is 11.0. The van der Waals surface area contributed by atoms with Crippen molar-refractivity contribution in [3.8, 4) is 0 Å². The van der Waals surface area contributed by atoms with Gasteiger partial charge in [-0.25, -0.2) is 8.99 Å². The lowest BCUT2D eigenvalue weighted by molar-refractivity contribution is 0.585. The van der Waals surface area contributed by atoms with Crippen LogP contribution in [0.4, 0.5) is 0 Å². The Balaban J connectivity index is 3.29. The van der Waals surface area contributed by atoms with Crippen molar-refractivity contribution in [1.82, 2.24) is 4.98 Å². The third-order valence-electron chi connectivity index (χ3n) is 2.03. The van der Waals surface area contributed by atoms with E-state index in [4.69, 9.17) is 4.78 Å². The molecule has 1 N–H and O–H groups in total. The van der Waals surface area contributed by atoms with Crippen molar-refractivity contribution in [2.45, 2.75) is 31.1 Å². The molecule has 1 unspecified atom stereocenters. The monoisotopic (exact) mass is 212 g/mol. The van der Waals surface area contributed by atoms with E-state index in [9.17, 15) is 4.21 Å². The van der Waals surface area contributed by atoms with E-state index in [1.165, 1.54) is 12.5 Å². The van der Waals surface area contributed by atoms with Gasteiger partial charge in [0.15, 0.2) is 0 Å². The lowest BCUT2D eigenvalue weighted by Crippen LogP contribution is -2.12. The predicted octanol–water partition coefficient (Wildman–Crippen LogP) is 2.41. The molecular weight excluding hydrogens is 196 g/mol. The minimum absolute atomic E-state index is 0.0201. The zero-order valence-corrected chi connectivity index (χ0v) is 9.81. The van der Waals surface area contributed by atoms with Crippen LogP contribution >= 0.6 is 0 Å². The first-order chi connectivity index (χ1) is 6.21. The molecule has 3 nitrogen and oxygen atoms in total. The standard InChI is InChI=1S/C10H16N2OS/c1-10(2,3)8-5-9(7-12-6-8)14(4,11)13/h5-7,11H,1-4H3. The van der Waals surface area contributed by atoms with Crippen molar-refractivity contribution < 1.29 is 4.21 Å². The quantitative estimate of drug-likeness (QED) is 0.777. The van der Waals surface area contributed by atoms with Crippen LogP contribution in [0.5, 0.6) is 0 Å². The third-order valence-corrected chi connectivity index (χ3v) is 3.15. The number of aromatic nitrogens is 1. The van der Waals surface area contributed by atoms with Crippen LogP contribution in [0.1, 0.15) is 26.3 Å². The van der Waals surface area contributed by atoms with E-state index in [-0.39, 0.29) is 5.41 Å². The van der Waals surface area contributed by atoms with Crippen LogP contribution in [-0.2, 0) is 15.1 Å². The van der Waals surface area contributed by atoms with Gasteiger partial charge in [0, 0.05) is 18.6 Å². The maximum Gasteiger partial charge on any atom is 0.0712 e. The summed E-state index contributed by atoms with van der Waals surface area (Å²) in [4.78, 5) is 4.52. The van der Waals surface area contributed by atoms with Crippen molar-refractivity contribution in [3.63, 3.8) is 0 Å². The van der Waals surface area contributed by atoms with Crippen LogP contribution in [0.25, 0.3) is 0 Å². The largest absolute Gasteiger partial charge is 0.263 e. The van der Waals surface area contributed by atoms with Gasteiger partial charge >= 0.3 is 0 Å². The van der Waals surface area contributed by atoms with Gasteiger partial charge < -0.3 is 0 Å². The molecule has 0 aromatic carbocycles. The highest BCUT2D eigenvalue weighted by Crippen LogP contribution is 2.23. The maximum absolute atomic E-state index is 11.5. The summed E-state index contributed by atoms with van der Waals surface area (Å²) in [5.41, 5.74) is 0.991. The predicted molar refractivity (Wildman–Crippen MR) is 58.0 cm³/mol. The Morgan fingerprint density at radius 2 is 1.93 bits per heavy atom. The second-order valence-corrected chi connectivity index (χ2v) is 6.66. The highest BCUT2D eigenvalue weighted by molar-refractivity contribution is 7.91. The number of rotatable bonds is 1. The highest BCUT2D eigenvalue weighted by Gasteiger charge is 2.15. The second-order valence-electron chi connectivity index (χ2n) is 4.50. The van der Waals surface area contributed by atoms with E-state index in [0.717, 1.165) is 5.56 Å². The van der Waals surface area contributed by atoms with Gasteiger partial charge in [-0.1, -0.05) is 20.8 Å². The number of pyridine rings is 1. The average Bonchev–Trinajstić information content (AvgIpc) is 2.01. The minimum Gasteiger partial charge on any atom is -0.263 e. The molecule has 0 bridgehead atoms. The van der Waals surface area contributed by atoms with Gasteiger partial charge in [0.05, 0.1) is 14.6 Å². The summed E-state index contributed by atoms with van der Waals surface area (Å²) in [5.74, 6) is 0. The topological polar surface area (TPSA) is 53.8 Å². The van der Waals surface area contributed by atoms with Crippen LogP contribution in [0.3, 0.4) is 0 Å². The molecule has 0 aliphatic heterocycles. The molecule has 14 heavy (non-hydrogen) atoms. The Morgan fingerprint density at radius 3 is 2.36 bits per heavy atom. The summed E-state index contributed by atoms with van der Waals surface area (Å²) in [6.07, 6.45) is 4.68. The fourth-order valence-electron chi connectivity index (χ4n) is 1.04. The molecule has 0 radical (unpaired) electrons. The van der Waals surface area contributed by atoms with E-state index in [1.807, 2.05) is 6.07 Å². The lowest BCUT2D eigenvalue weighted by Gasteiger charge is -2.18. The second kappa shape index (κ2) is 3.35. The molecular formula is C10H16N2OS. The SMILES string of the molecule is CC(C)(C)c1cncc(S(C)(=N)=O)c1. The smallest absolute Gasteiger partial charge is 0.0712 e. The van der Waals surface area contributed by atoms with Crippen LogP contribution in [0.15, 0.2) is 23.4 Å². The molecule has 4 heteroatoms. The molecule has 1 aromatic rings. The molecule has 1 aromatic heterocycles. The number of hydrogen-bond donors (Lipinski definition) is 1. The molecule has 0 fully saturated rings. The molecule has 0 aliphatic rings. The molecule has 1 atom stereocenters. The van der Waals surface area contributed by atoms with Crippen LogP contribution in [0.2, 0.25) is 0 Å². The molecule has 0 aliphatic carbocycles. The van der Waals surface area contributed by atoms with Gasteiger partial charge in [0.25, 0.3) is 0 Å². The molecule has 1 heterocycles. The molecule has 78 valence electrons. The molecule has 0 saturated carbocycles. The Bertz CT molecular complexity index is 430. The van der Waals surface area contributed by atoms with E-state index in [0.29, 0.717) is 4.90 Å². The summed E-state index contributed by atoms with van der Waals surface area (Å²) < 4.78 is 19.0. The summed E-state index contributed by atoms with van der Waals surface area (Å²) in [7, 11) is -2.65. The molecule has 0 saturated heterocycles. The Hall–Kier alpha value is -0.900. The van der Waals surface area contributed by atoms with Gasteiger partial charge in [-0.3, -0.25) is 4.98 Å². The van der Waals surface area contributed by atoms with Gasteiger partial charge in [-0.05, 0) is 17.0 Å². The van der Waals surface area contributed by atoms with Crippen molar-refractivity contribution in [2.24, 2.45) is 0 Å². The normalized spacial score (nSPS) is 16.3. The van der Waals surface area contributed by atoms with Crippen molar-refractivity contribution in [1.29, 1.82) is 4.78 Å². The van der Waals surface area contributed by atoms with Crippen molar-refractivity contribution >= 4 is 9.73 Å². The third kappa shape index (κ3) is 2.54. The number of nitrogens with zero attached hydrogens (tertiary/aromatic N) is 1. The number of nitrogens with one attached hydrogen (secondary N) is 1. The van der Waals surface area contributed by atoms with Gasteiger partial charge in [0.1, 0.15) is 0 Å². The Kier molecular flexibility index (Phi) is 2.67. The summed E-state index contributed by atoms with van der Waals surface area (Å²) >= 11 is 0. The Morgan fingerprint density at radius 1 is 1.36 bits per heavy atom. The van der Waals surface area contributed by atoms with Crippen LogP contribution in [0, 0.1) is 4.78 Å². The molecule has 0 amide bonds. The van der Waals surface area contributed by atoms with E-state index in [1.54, 1.807) is 6.20 Å². The fraction of sp³-hybridized carbons (Fsp3) is 0.500. The fourth-order valence-corrected chi connectivity index (χ4v) is 1.66. The van der Waals surface area contributed by atoms with E-state index >= 15 is 0 Å². The van der Waals surface area contributed by atoms with Crippen LogP contribution < -0.4 is 0 Å². The van der Waals surface area contributed by atoms with Crippen molar-refractivity contribution in [3.05, 3.63) is 24.0 Å². The number of hydrogen-bond acceptors (Lipinski definition) is 3. The van der Waals surface area contributed by atoms with Crippen LogP contribution in [-0.4, -0.2) is 15.4 Å². The highest BCUT2D eigenvalue weighted by atomic mass is 32.2. The molecule has 1 rings (SSSR count). The molecule has 0 spiro atoms. The Labute approximate surface area is 85.5 Å². The van der Waals surface area contributed by atoms with E-state index < -0.39 is 9.73 Å².